The molecule has 4 heteroatoms. The first-order valence-corrected chi connectivity index (χ1v) is 5.10. The average Bonchev–Trinajstić information content (AvgIpc) is 2.84. The van der Waals surface area contributed by atoms with Crippen LogP contribution < -0.4 is 0 Å². The van der Waals surface area contributed by atoms with Crippen molar-refractivity contribution in [3.05, 3.63) is 36.2 Å². The van der Waals surface area contributed by atoms with Crippen molar-refractivity contribution in [3.8, 4) is 11.6 Å². The first kappa shape index (κ1) is 9.15. The predicted molar refractivity (Wildman–Crippen MR) is 60.9 cm³/mol. The Morgan fingerprint density at radius 3 is 2.81 bits per heavy atom. The van der Waals surface area contributed by atoms with Gasteiger partial charge >= 0.3 is 0 Å². The molecule has 4 nitrogen and oxygen atoms in total. The second-order valence-corrected chi connectivity index (χ2v) is 3.75. The molecule has 16 heavy (non-hydrogen) atoms. The summed E-state index contributed by atoms with van der Waals surface area (Å²) in [5.41, 5.74) is 1.75. The fourth-order valence-electron chi connectivity index (χ4n) is 1.80. The van der Waals surface area contributed by atoms with E-state index in [-0.39, 0.29) is 0 Å². The van der Waals surface area contributed by atoms with Crippen molar-refractivity contribution in [2.45, 2.75) is 6.92 Å². The molecule has 0 saturated carbocycles. The summed E-state index contributed by atoms with van der Waals surface area (Å²) in [6.07, 6.45) is 1.77. The van der Waals surface area contributed by atoms with Crippen LogP contribution in [0.25, 0.3) is 22.7 Å². The van der Waals surface area contributed by atoms with Crippen molar-refractivity contribution in [2.75, 3.05) is 0 Å². The Morgan fingerprint density at radius 1 is 1.25 bits per heavy atom. The zero-order chi connectivity index (χ0) is 11.1. The van der Waals surface area contributed by atoms with Crippen molar-refractivity contribution in [1.82, 2.24) is 14.5 Å². The number of pyridine rings is 1. The van der Waals surface area contributed by atoms with Crippen LogP contribution in [0, 0.1) is 6.92 Å². The minimum atomic E-state index is 0.776. The highest BCUT2D eigenvalue weighted by Gasteiger charge is 2.12. The van der Waals surface area contributed by atoms with Crippen LogP contribution in [0.5, 0.6) is 0 Å². The maximum absolute atomic E-state index is 5.57. The molecular weight excluding hydrogens is 202 g/mol. The Morgan fingerprint density at radius 2 is 2.12 bits per heavy atom. The molecule has 0 aliphatic heterocycles. The molecule has 80 valence electrons. The number of imidazole rings is 1. The number of aryl methyl sites for hydroxylation is 2. The van der Waals surface area contributed by atoms with Crippen molar-refractivity contribution in [3.63, 3.8) is 0 Å². The molecule has 3 aromatic rings. The van der Waals surface area contributed by atoms with Gasteiger partial charge < -0.3 is 8.98 Å². The highest BCUT2D eigenvalue weighted by molar-refractivity contribution is 5.75. The molecule has 0 saturated heterocycles. The third kappa shape index (κ3) is 1.23. The SMILES string of the molecule is Cc1ccc(-c2nc3cccnc3n2C)o1. The lowest BCUT2D eigenvalue weighted by atomic mass is 10.4. The second kappa shape index (κ2) is 3.20. The van der Waals surface area contributed by atoms with Crippen LogP contribution >= 0.6 is 0 Å². The van der Waals surface area contributed by atoms with E-state index >= 15 is 0 Å². The fourth-order valence-corrected chi connectivity index (χ4v) is 1.80. The van der Waals surface area contributed by atoms with E-state index in [4.69, 9.17) is 4.42 Å². The fraction of sp³-hybridized carbons (Fsp3) is 0.167. The topological polar surface area (TPSA) is 43.9 Å². The Bertz CT molecular complexity index is 651. The average molecular weight is 213 g/mol. The molecule has 0 radical (unpaired) electrons. The smallest absolute Gasteiger partial charge is 0.178 e. The van der Waals surface area contributed by atoms with Crippen LogP contribution in [-0.2, 0) is 7.05 Å². The third-order valence-corrected chi connectivity index (χ3v) is 2.59. The van der Waals surface area contributed by atoms with Crippen LogP contribution in [0.1, 0.15) is 5.76 Å². The van der Waals surface area contributed by atoms with E-state index in [2.05, 4.69) is 9.97 Å². The lowest BCUT2D eigenvalue weighted by Gasteiger charge is -1.97. The van der Waals surface area contributed by atoms with E-state index in [0.717, 1.165) is 28.5 Å². The number of rotatable bonds is 1. The normalized spacial score (nSPS) is 11.1. The molecule has 0 amide bonds. The minimum Gasteiger partial charge on any atom is -0.458 e. The lowest BCUT2D eigenvalue weighted by molar-refractivity contribution is 0.542. The number of furan rings is 1. The molecule has 3 heterocycles. The summed E-state index contributed by atoms with van der Waals surface area (Å²) in [6, 6.07) is 7.69. The first-order valence-electron chi connectivity index (χ1n) is 5.10. The zero-order valence-corrected chi connectivity index (χ0v) is 9.14. The molecule has 0 N–H and O–H groups in total. The van der Waals surface area contributed by atoms with Gasteiger partial charge in [0.15, 0.2) is 17.2 Å². The van der Waals surface area contributed by atoms with Gasteiger partial charge in [0.25, 0.3) is 0 Å². The minimum absolute atomic E-state index is 0.776. The molecule has 3 aromatic heterocycles. The van der Waals surface area contributed by atoms with Crippen molar-refractivity contribution >= 4 is 11.2 Å². The molecule has 0 aliphatic carbocycles. The van der Waals surface area contributed by atoms with E-state index in [9.17, 15) is 0 Å². The van der Waals surface area contributed by atoms with Crippen LogP contribution in [-0.4, -0.2) is 14.5 Å². The zero-order valence-electron chi connectivity index (χ0n) is 9.14. The summed E-state index contributed by atoms with van der Waals surface area (Å²) in [5, 5.41) is 0. The Balaban J connectivity index is 2.28. The van der Waals surface area contributed by atoms with Crippen LogP contribution in [0.15, 0.2) is 34.9 Å². The largest absolute Gasteiger partial charge is 0.458 e. The van der Waals surface area contributed by atoms with Gasteiger partial charge in [0.05, 0.1) is 0 Å². The Labute approximate surface area is 92.6 Å². The third-order valence-electron chi connectivity index (χ3n) is 2.59. The van der Waals surface area contributed by atoms with Crippen molar-refractivity contribution in [2.24, 2.45) is 7.05 Å². The standard InChI is InChI=1S/C12H11N3O/c1-8-5-6-10(16-8)12-14-9-4-3-7-13-11(9)15(12)2/h3-7H,1-2H3. The Hall–Kier alpha value is -2.10. The molecule has 0 bridgehead atoms. The van der Waals surface area contributed by atoms with Crippen molar-refractivity contribution < 1.29 is 4.42 Å². The summed E-state index contributed by atoms with van der Waals surface area (Å²) in [5.74, 6) is 2.47. The van der Waals surface area contributed by atoms with Gasteiger partial charge in [-0.25, -0.2) is 9.97 Å². The maximum atomic E-state index is 5.57. The van der Waals surface area contributed by atoms with Gasteiger partial charge in [-0.2, -0.15) is 0 Å². The number of nitrogens with zero attached hydrogens (tertiary/aromatic N) is 3. The van der Waals surface area contributed by atoms with Crippen LogP contribution in [0.4, 0.5) is 0 Å². The van der Waals surface area contributed by atoms with Gasteiger partial charge in [0, 0.05) is 13.2 Å². The number of hydrogen-bond acceptors (Lipinski definition) is 3. The lowest BCUT2D eigenvalue weighted by Crippen LogP contribution is -1.92. The number of fused-ring (bicyclic) bond motifs is 1. The van der Waals surface area contributed by atoms with E-state index in [1.54, 1.807) is 6.20 Å². The van der Waals surface area contributed by atoms with Gasteiger partial charge in [0.2, 0.25) is 0 Å². The molecular formula is C12H11N3O. The number of aromatic nitrogens is 3. The molecule has 0 aromatic carbocycles. The summed E-state index contributed by atoms with van der Waals surface area (Å²) < 4.78 is 7.51. The first-order chi connectivity index (χ1) is 7.75. The van der Waals surface area contributed by atoms with Gasteiger partial charge in [-0.15, -0.1) is 0 Å². The molecule has 0 fully saturated rings. The molecule has 0 aliphatic rings. The van der Waals surface area contributed by atoms with E-state index in [1.807, 2.05) is 42.8 Å². The predicted octanol–water partition coefficient (Wildman–Crippen LogP) is 2.54. The summed E-state index contributed by atoms with van der Waals surface area (Å²) in [6.45, 7) is 1.92. The van der Waals surface area contributed by atoms with E-state index in [1.165, 1.54) is 0 Å². The molecule has 0 atom stereocenters. The van der Waals surface area contributed by atoms with Gasteiger partial charge in [-0.05, 0) is 31.2 Å². The van der Waals surface area contributed by atoms with Crippen LogP contribution in [0.2, 0.25) is 0 Å². The van der Waals surface area contributed by atoms with Crippen molar-refractivity contribution in [1.29, 1.82) is 0 Å². The molecule has 0 spiro atoms. The summed E-state index contributed by atoms with van der Waals surface area (Å²) in [4.78, 5) is 8.80. The molecule has 3 rings (SSSR count). The van der Waals surface area contributed by atoms with E-state index in [0.29, 0.717) is 0 Å². The molecule has 0 unspecified atom stereocenters. The highest BCUT2D eigenvalue weighted by atomic mass is 16.3. The monoisotopic (exact) mass is 213 g/mol. The van der Waals surface area contributed by atoms with Gasteiger partial charge in [0.1, 0.15) is 11.3 Å². The van der Waals surface area contributed by atoms with Gasteiger partial charge in [-0.1, -0.05) is 0 Å². The number of hydrogen-bond donors (Lipinski definition) is 0. The van der Waals surface area contributed by atoms with E-state index < -0.39 is 0 Å². The van der Waals surface area contributed by atoms with Gasteiger partial charge in [-0.3, -0.25) is 0 Å². The Kier molecular flexibility index (Phi) is 1.83. The summed E-state index contributed by atoms with van der Waals surface area (Å²) >= 11 is 0. The summed E-state index contributed by atoms with van der Waals surface area (Å²) in [7, 11) is 1.94. The second-order valence-electron chi connectivity index (χ2n) is 3.75. The maximum Gasteiger partial charge on any atom is 0.178 e. The quantitative estimate of drug-likeness (QED) is 0.624. The highest BCUT2D eigenvalue weighted by Crippen LogP contribution is 2.23. The van der Waals surface area contributed by atoms with Crippen LogP contribution in [0.3, 0.4) is 0 Å².